The molecule has 2 spiro atoms. The first kappa shape index (κ1) is 14.3. The maximum Gasteiger partial charge on any atom is 0.312 e. The number of esters is 2. The summed E-state index contributed by atoms with van der Waals surface area (Å²) in [6.07, 6.45) is 9.30. The second-order valence-corrected chi connectivity index (χ2v) is 9.24. The van der Waals surface area contributed by atoms with E-state index in [2.05, 4.69) is 6.92 Å². The van der Waals surface area contributed by atoms with Crippen LogP contribution < -0.4 is 0 Å². The minimum Gasteiger partial charge on any atom is -0.465 e. The maximum atomic E-state index is 12.4. The number of carbonyl (C=O) groups excluding carboxylic acids is 2. The van der Waals surface area contributed by atoms with Gasteiger partial charge in [-0.15, -0.1) is 0 Å². The Morgan fingerprint density at radius 2 is 1.87 bits per heavy atom. The van der Waals surface area contributed by atoms with Crippen molar-refractivity contribution in [3.8, 4) is 0 Å². The molecule has 6 atom stereocenters. The fraction of sp³-hybridized carbons (Fsp3) is 0.895. The van der Waals surface area contributed by atoms with E-state index >= 15 is 0 Å². The molecular formula is C19H26O4. The second kappa shape index (κ2) is 4.31. The number of hydrogen-bond donors (Lipinski definition) is 0. The monoisotopic (exact) mass is 318 g/mol. The van der Waals surface area contributed by atoms with Crippen LogP contribution in [0.25, 0.3) is 0 Å². The summed E-state index contributed by atoms with van der Waals surface area (Å²) < 4.78 is 11.5. The van der Waals surface area contributed by atoms with E-state index in [9.17, 15) is 9.59 Å². The summed E-state index contributed by atoms with van der Waals surface area (Å²) in [7, 11) is 0. The summed E-state index contributed by atoms with van der Waals surface area (Å²) in [5.41, 5.74) is -0.333. The SMILES string of the molecule is C[C@]12CC[C@H]3[C@@H]4CCC[C@]5(COC(=O)C5)[C@H]4CC[C@@]3(C1)OC2=O. The van der Waals surface area contributed by atoms with Crippen LogP contribution in [0.4, 0.5) is 0 Å². The molecule has 4 heteroatoms. The Morgan fingerprint density at radius 1 is 1.04 bits per heavy atom. The van der Waals surface area contributed by atoms with Gasteiger partial charge in [0, 0.05) is 17.8 Å². The smallest absolute Gasteiger partial charge is 0.312 e. The van der Waals surface area contributed by atoms with Gasteiger partial charge in [0.2, 0.25) is 0 Å². The van der Waals surface area contributed by atoms with Gasteiger partial charge in [0.05, 0.1) is 18.4 Å². The Bertz CT molecular complexity index is 586. The third kappa shape index (κ3) is 1.73. The Hall–Kier alpha value is -1.06. The van der Waals surface area contributed by atoms with Crippen molar-refractivity contribution in [2.75, 3.05) is 6.61 Å². The Morgan fingerprint density at radius 3 is 2.65 bits per heavy atom. The maximum absolute atomic E-state index is 12.4. The summed E-state index contributed by atoms with van der Waals surface area (Å²) in [5.74, 6) is 1.75. The van der Waals surface area contributed by atoms with Crippen molar-refractivity contribution in [2.45, 2.75) is 70.3 Å². The van der Waals surface area contributed by atoms with Crippen LogP contribution in [0.5, 0.6) is 0 Å². The van der Waals surface area contributed by atoms with Gasteiger partial charge in [-0.2, -0.15) is 0 Å². The van der Waals surface area contributed by atoms with E-state index in [0.717, 1.165) is 38.5 Å². The summed E-state index contributed by atoms with van der Waals surface area (Å²) in [4.78, 5) is 24.2. The predicted octanol–water partition coefficient (Wildman–Crippen LogP) is 3.23. The fourth-order valence-corrected chi connectivity index (χ4v) is 7.08. The quantitative estimate of drug-likeness (QED) is 0.644. The lowest BCUT2D eigenvalue weighted by atomic mass is 9.48. The molecule has 0 unspecified atom stereocenters. The minimum absolute atomic E-state index is 0.00514. The summed E-state index contributed by atoms with van der Waals surface area (Å²) in [5, 5.41) is 0. The molecule has 23 heavy (non-hydrogen) atoms. The third-order valence-electron chi connectivity index (χ3n) is 8.09. The molecule has 0 aromatic carbocycles. The molecule has 2 bridgehead atoms. The summed E-state index contributed by atoms with van der Waals surface area (Å²) >= 11 is 0. The molecule has 0 aromatic rings. The van der Waals surface area contributed by atoms with E-state index in [1.807, 2.05) is 0 Å². The first-order valence-electron chi connectivity index (χ1n) is 9.36. The molecule has 0 radical (unpaired) electrons. The van der Waals surface area contributed by atoms with Gasteiger partial charge in [-0.05, 0) is 57.3 Å². The van der Waals surface area contributed by atoms with Gasteiger partial charge in [0.1, 0.15) is 5.60 Å². The highest BCUT2D eigenvalue weighted by Crippen LogP contribution is 2.65. The highest BCUT2D eigenvalue weighted by Gasteiger charge is 2.66. The molecule has 2 aliphatic heterocycles. The first-order chi connectivity index (χ1) is 11.0. The highest BCUT2D eigenvalue weighted by molar-refractivity contribution is 5.80. The summed E-state index contributed by atoms with van der Waals surface area (Å²) in [6, 6.07) is 0. The van der Waals surface area contributed by atoms with Crippen molar-refractivity contribution in [2.24, 2.45) is 28.6 Å². The van der Waals surface area contributed by atoms with Gasteiger partial charge in [0.25, 0.3) is 0 Å². The van der Waals surface area contributed by atoms with E-state index < -0.39 is 0 Å². The van der Waals surface area contributed by atoms with Gasteiger partial charge in [0.15, 0.2) is 0 Å². The van der Waals surface area contributed by atoms with Crippen molar-refractivity contribution >= 4 is 11.9 Å². The second-order valence-electron chi connectivity index (χ2n) is 9.24. The molecule has 0 amide bonds. The molecule has 3 saturated carbocycles. The Kier molecular flexibility index (Phi) is 2.68. The first-order valence-corrected chi connectivity index (χ1v) is 9.36. The fourth-order valence-electron chi connectivity index (χ4n) is 7.08. The number of ether oxygens (including phenoxy) is 2. The number of fused-ring (bicyclic) bond motifs is 4. The van der Waals surface area contributed by atoms with Crippen molar-refractivity contribution in [3.05, 3.63) is 0 Å². The van der Waals surface area contributed by atoms with E-state index in [1.165, 1.54) is 12.8 Å². The molecule has 126 valence electrons. The van der Waals surface area contributed by atoms with E-state index in [1.54, 1.807) is 0 Å². The van der Waals surface area contributed by atoms with Crippen LogP contribution in [0.1, 0.15) is 64.7 Å². The Labute approximate surface area is 137 Å². The molecule has 2 saturated heterocycles. The van der Waals surface area contributed by atoms with Crippen molar-refractivity contribution in [1.82, 2.24) is 0 Å². The van der Waals surface area contributed by atoms with Crippen LogP contribution in [0.15, 0.2) is 0 Å². The van der Waals surface area contributed by atoms with Gasteiger partial charge in [-0.25, -0.2) is 0 Å². The van der Waals surface area contributed by atoms with Crippen LogP contribution in [0, 0.1) is 28.6 Å². The number of carbonyl (C=O) groups is 2. The third-order valence-corrected chi connectivity index (χ3v) is 8.09. The van der Waals surface area contributed by atoms with E-state index in [-0.39, 0.29) is 28.4 Å². The highest BCUT2D eigenvalue weighted by atomic mass is 16.6. The molecule has 0 aromatic heterocycles. The van der Waals surface area contributed by atoms with Crippen molar-refractivity contribution < 1.29 is 19.1 Å². The standard InChI is InChI=1S/C19H26O4/c1-17-7-4-14-12-3-2-6-18(9-15(20)22-11-18)13(12)5-8-19(14,10-17)23-16(17)21/h12-14H,2-11H2,1H3/t12-,13+,14+,17+,18+,19+/m1/s1. The van der Waals surface area contributed by atoms with E-state index in [0.29, 0.717) is 30.8 Å². The zero-order valence-corrected chi connectivity index (χ0v) is 13.9. The van der Waals surface area contributed by atoms with Gasteiger partial charge < -0.3 is 9.47 Å². The molecular weight excluding hydrogens is 292 g/mol. The van der Waals surface area contributed by atoms with Crippen LogP contribution in [-0.4, -0.2) is 24.1 Å². The molecule has 2 heterocycles. The number of hydrogen-bond acceptors (Lipinski definition) is 4. The molecule has 3 aliphatic carbocycles. The molecule has 5 aliphatic rings. The average Bonchev–Trinajstić information content (AvgIpc) is 2.96. The van der Waals surface area contributed by atoms with Crippen LogP contribution in [0.3, 0.4) is 0 Å². The normalized spacial score (nSPS) is 54.4. The van der Waals surface area contributed by atoms with Crippen LogP contribution in [-0.2, 0) is 19.1 Å². The van der Waals surface area contributed by atoms with Crippen molar-refractivity contribution in [1.29, 1.82) is 0 Å². The lowest BCUT2D eigenvalue weighted by Crippen LogP contribution is -2.55. The van der Waals surface area contributed by atoms with Gasteiger partial charge >= 0.3 is 11.9 Å². The van der Waals surface area contributed by atoms with Gasteiger partial charge in [-0.1, -0.05) is 6.42 Å². The van der Waals surface area contributed by atoms with E-state index in [4.69, 9.17) is 9.47 Å². The van der Waals surface area contributed by atoms with Crippen LogP contribution >= 0.6 is 0 Å². The molecule has 0 N–H and O–H groups in total. The van der Waals surface area contributed by atoms with Gasteiger partial charge in [-0.3, -0.25) is 9.59 Å². The Balaban J connectivity index is 1.49. The summed E-state index contributed by atoms with van der Waals surface area (Å²) in [6.45, 7) is 2.72. The lowest BCUT2D eigenvalue weighted by molar-refractivity contribution is -0.170. The lowest BCUT2D eigenvalue weighted by Gasteiger charge is -2.56. The minimum atomic E-state index is -0.234. The largest absolute Gasteiger partial charge is 0.465 e. The zero-order valence-electron chi connectivity index (χ0n) is 13.9. The van der Waals surface area contributed by atoms with Crippen molar-refractivity contribution in [3.63, 3.8) is 0 Å². The number of cyclic esters (lactones) is 1. The molecule has 4 nitrogen and oxygen atoms in total. The molecule has 5 fully saturated rings. The van der Waals surface area contributed by atoms with Crippen LogP contribution in [0.2, 0.25) is 0 Å². The number of rotatable bonds is 0. The average molecular weight is 318 g/mol. The predicted molar refractivity (Wildman–Crippen MR) is 82.3 cm³/mol. The topological polar surface area (TPSA) is 52.6 Å². The molecule has 5 rings (SSSR count). The zero-order chi connectivity index (χ0) is 15.9.